The fourth-order valence-electron chi connectivity index (χ4n) is 2.11. The van der Waals surface area contributed by atoms with E-state index in [1.54, 1.807) is 7.11 Å². The van der Waals surface area contributed by atoms with Crippen molar-refractivity contribution >= 4 is 0 Å². The van der Waals surface area contributed by atoms with E-state index >= 15 is 0 Å². The summed E-state index contributed by atoms with van der Waals surface area (Å²) in [6.45, 7) is 0. The molecular weight excluding hydrogens is 198 g/mol. The Balaban J connectivity index is 1.89. The molecule has 1 atom stereocenters. The van der Waals surface area contributed by atoms with Crippen LogP contribution >= 0.6 is 0 Å². The molecule has 0 amide bonds. The summed E-state index contributed by atoms with van der Waals surface area (Å²) in [5.74, 6) is 1.92. The van der Waals surface area contributed by atoms with E-state index in [-0.39, 0.29) is 0 Å². The van der Waals surface area contributed by atoms with Gasteiger partial charge in [-0.3, -0.25) is 0 Å². The van der Waals surface area contributed by atoms with Gasteiger partial charge in [0.15, 0.2) is 0 Å². The normalized spacial score (nSPS) is 17.1. The lowest BCUT2D eigenvalue weighted by atomic mass is 10.0. The van der Waals surface area contributed by atoms with E-state index in [1.807, 2.05) is 12.1 Å². The number of rotatable bonds is 6. The second-order valence-corrected chi connectivity index (χ2v) is 4.72. The quantitative estimate of drug-likeness (QED) is 0.794. The van der Waals surface area contributed by atoms with Crippen LogP contribution in [0.2, 0.25) is 0 Å². The van der Waals surface area contributed by atoms with Crippen LogP contribution in [-0.2, 0) is 6.42 Å². The van der Waals surface area contributed by atoms with Gasteiger partial charge in [0.05, 0.1) is 7.11 Å². The maximum atomic E-state index is 5.16. The first-order valence-electron chi connectivity index (χ1n) is 6.12. The largest absolute Gasteiger partial charge is 0.497 e. The third kappa shape index (κ3) is 3.24. The Kier molecular flexibility index (Phi) is 3.83. The minimum atomic E-state index is 0.626. The third-order valence-electron chi connectivity index (χ3n) is 3.36. The molecule has 2 heteroatoms. The van der Waals surface area contributed by atoms with Crippen LogP contribution in [0.5, 0.6) is 5.75 Å². The van der Waals surface area contributed by atoms with Crippen molar-refractivity contribution in [1.29, 1.82) is 0 Å². The lowest BCUT2D eigenvalue weighted by molar-refractivity contribution is 0.414. The molecule has 88 valence electrons. The number of ether oxygens (including phenoxy) is 1. The highest BCUT2D eigenvalue weighted by Gasteiger charge is 2.24. The van der Waals surface area contributed by atoms with Crippen molar-refractivity contribution in [3.05, 3.63) is 29.8 Å². The fraction of sp³-hybridized carbons (Fsp3) is 0.571. The molecule has 1 aromatic rings. The molecule has 2 rings (SSSR count). The van der Waals surface area contributed by atoms with E-state index in [9.17, 15) is 0 Å². The average molecular weight is 219 g/mol. The lowest BCUT2D eigenvalue weighted by Gasteiger charge is -2.15. The molecule has 1 unspecified atom stereocenters. The lowest BCUT2D eigenvalue weighted by Crippen LogP contribution is -2.28. The van der Waals surface area contributed by atoms with Gasteiger partial charge >= 0.3 is 0 Å². The Morgan fingerprint density at radius 1 is 1.31 bits per heavy atom. The first kappa shape index (κ1) is 11.5. The van der Waals surface area contributed by atoms with E-state index in [4.69, 9.17) is 4.74 Å². The molecule has 0 bridgehead atoms. The molecule has 16 heavy (non-hydrogen) atoms. The van der Waals surface area contributed by atoms with Crippen LogP contribution in [0.3, 0.4) is 0 Å². The topological polar surface area (TPSA) is 21.3 Å². The van der Waals surface area contributed by atoms with Crippen molar-refractivity contribution in [2.45, 2.75) is 31.7 Å². The molecule has 1 aliphatic carbocycles. The van der Waals surface area contributed by atoms with Gasteiger partial charge in [0.25, 0.3) is 0 Å². The smallest absolute Gasteiger partial charge is 0.118 e. The first-order valence-corrected chi connectivity index (χ1v) is 6.12. The molecule has 1 aromatic carbocycles. The van der Waals surface area contributed by atoms with Crippen molar-refractivity contribution in [2.75, 3.05) is 14.2 Å². The van der Waals surface area contributed by atoms with Gasteiger partial charge in [-0.05, 0) is 43.5 Å². The summed E-state index contributed by atoms with van der Waals surface area (Å²) in [6.07, 6.45) is 5.31. The molecule has 2 nitrogen and oxygen atoms in total. The summed E-state index contributed by atoms with van der Waals surface area (Å²) < 4.78 is 5.16. The summed E-state index contributed by atoms with van der Waals surface area (Å²) in [4.78, 5) is 0. The molecule has 0 aromatic heterocycles. The highest BCUT2D eigenvalue weighted by molar-refractivity contribution is 5.27. The van der Waals surface area contributed by atoms with Gasteiger partial charge in [0, 0.05) is 6.04 Å². The molecule has 0 aliphatic heterocycles. The average Bonchev–Trinajstić information content (AvgIpc) is 3.13. The van der Waals surface area contributed by atoms with Gasteiger partial charge in [0.1, 0.15) is 5.75 Å². The van der Waals surface area contributed by atoms with Crippen LogP contribution in [0.4, 0.5) is 0 Å². The fourth-order valence-corrected chi connectivity index (χ4v) is 2.11. The van der Waals surface area contributed by atoms with Crippen LogP contribution in [0.25, 0.3) is 0 Å². The third-order valence-corrected chi connectivity index (χ3v) is 3.36. The Bertz CT molecular complexity index is 316. The monoisotopic (exact) mass is 219 g/mol. The van der Waals surface area contributed by atoms with E-state index in [1.165, 1.54) is 24.8 Å². The molecular formula is C14H21NO. The van der Waals surface area contributed by atoms with Gasteiger partial charge < -0.3 is 10.1 Å². The van der Waals surface area contributed by atoms with E-state index in [0.717, 1.165) is 18.1 Å². The summed E-state index contributed by atoms with van der Waals surface area (Å²) in [5.41, 5.74) is 1.39. The SMILES string of the molecule is CNC(Cc1ccc(OC)cc1)CC1CC1. The standard InChI is InChI=1S/C14H21NO/c1-15-13(9-11-3-4-11)10-12-5-7-14(16-2)8-6-12/h5-8,11,13,15H,3-4,9-10H2,1-2H3. The van der Waals surface area contributed by atoms with Gasteiger partial charge in [0.2, 0.25) is 0 Å². The van der Waals surface area contributed by atoms with Crippen LogP contribution in [0.1, 0.15) is 24.8 Å². The number of methoxy groups -OCH3 is 1. The van der Waals surface area contributed by atoms with E-state index < -0.39 is 0 Å². The number of benzene rings is 1. The Morgan fingerprint density at radius 3 is 2.50 bits per heavy atom. The zero-order chi connectivity index (χ0) is 11.4. The van der Waals surface area contributed by atoms with Crippen molar-refractivity contribution in [3.8, 4) is 5.75 Å². The van der Waals surface area contributed by atoms with Crippen LogP contribution in [0.15, 0.2) is 24.3 Å². The van der Waals surface area contributed by atoms with Crippen molar-refractivity contribution in [3.63, 3.8) is 0 Å². The van der Waals surface area contributed by atoms with Crippen LogP contribution < -0.4 is 10.1 Å². The highest BCUT2D eigenvalue weighted by atomic mass is 16.5. The molecule has 1 aliphatic rings. The maximum Gasteiger partial charge on any atom is 0.118 e. The van der Waals surface area contributed by atoms with Crippen molar-refractivity contribution in [1.82, 2.24) is 5.32 Å². The van der Waals surface area contributed by atoms with E-state index in [0.29, 0.717) is 6.04 Å². The van der Waals surface area contributed by atoms with Gasteiger partial charge in [-0.1, -0.05) is 25.0 Å². The molecule has 0 spiro atoms. The summed E-state index contributed by atoms with van der Waals surface area (Å²) in [5, 5.41) is 3.42. The van der Waals surface area contributed by atoms with Gasteiger partial charge in [-0.2, -0.15) is 0 Å². The second kappa shape index (κ2) is 5.35. The molecule has 1 saturated carbocycles. The maximum absolute atomic E-state index is 5.16. The molecule has 0 heterocycles. The van der Waals surface area contributed by atoms with Crippen LogP contribution in [0, 0.1) is 5.92 Å². The zero-order valence-corrected chi connectivity index (χ0v) is 10.2. The molecule has 1 N–H and O–H groups in total. The number of nitrogens with one attached hydrogen (secondary N) is 1. The Labute approximate surface area is 98.0 Å². The molecule has 0 saturated heterocycles. The van der Waals surface area contributed by atoms with Crippen molar-refractivity contribution in [2.24, 2.45) is 5.92 Å². The van der Waals surface area contributed by atoms with Crippen molar-refractivity contribution < 1.29 is 4.74 Å². The van der Waals surface area contributed by atoms with Gasteiger partial charge in [-0.15, -0.1) is 0 Å². The molecule has 1 fully saturated rings. The first-order chi connectivity index (χ1) is 7.81. The predicted octanol–water partition coefficient (Wildman–Crippen LogP) is 2.63. The van der Waals surface area contributed by atoms with Crippen LogP contribution in [-0.4, -0.2) is 20.2 Å². The summed E-state index contributed by atoms with van der Waals surface area (Å²) in [7, 11) is 3.77. The Hall–Kier alpha value is -1.02. The molecule has 0 radical (unpaired) electrons. The summed E-state index contributed by atoms with van der Waals surface area (Å²) in [6, 6.07) is 9.03. The number of hydrogen-bond acceptors (Lipinski definition) is 2. The number of likely N-dealkylation sites (N-methyl/N-ethyl adjacent to an activating group) is 1. The zero-order valence-electron chi connectivity index (χ0n) is 10.2. The minimum Gasteiger partial charge on any atom is -0.497 e. The second-order valence-electron chi connectivity index (χ2n) is 4.72. The highest BCUT2D eigenvalue weighted by Crippen LogP contribution is 2.34. The Morgan fingerprint density at radius 2 is 2.00 bits per heavy atom. The predicted molar refractivity (Wildman–Crippen MR) is 66.9 cm³/mol. The summed E-state index contributed by atoms with van der Waals surface area (Å²) >= 11 is 0. The van der Waals surface area contributed by atoms with Gasteiger partial charge in [-0.25, -0.2) is 0 Å². The number of hydrogen-bond donors (Lipinski definition) is 1. The van der Waals surface area contributed by atoms with E-state index in [2.05, 4.69) is 24.5 Å². The minimum absolute atomic E-state index is 0.626.